The molecule has 0 aromatic carbocycles. The van der Waals surface area contributed by atoms with E-state index < -0.39 is 0 Å². The number of nitrogens with two attached hydrogens (primary N) is 1. The van der Waals surface area contributed by atoms with Crippen molar-refractivity contribution < 1.29 is 4.79 Å². The van der Waals surface area contributed by atoms with E-state index in [1.165, 1.54) is 6.42 Å². The SMILES string of the molecule is CC(C)C(C(=O)NC1(C)CCC1)C(N)=S. The second-order valence-corrected chi connectivity index (χ2v) is 5.50. The molecule has 0 radical (unpaired) electrons. The van der Waals surface area contributed by atoms with Crippen molar-refractivity contribution in [3.05, 3.63) is 0 Å². The Hall–Kier alpha value is -0.640. The van der Waals surface area contributed by atoms with Gasteiger partial charge in [-0.25, -0.2) is 0 Å². The lowest BCUT2D eigenvalue weighted by Gasteiger charge is -2.40. The van der Waals surface area contributed by atoms with Crippen LogP contribution in [-0.2, 0) is 4.79 Å². The van der Waals surface area contributed by atoms with Crippen LogP contribution in [0.25, 0.3) is 0 Å². The Balaban J connectivity index is 2.60. The predicted molar refractivity (Wildman–Crippen MR) is 65.5 cm³/mol. The van der Waals surface area contributed by atoms with Gasteiger partial charge in [-0.3, -0.25) is 4.79 Å². The van der Waals surface area contributed by atoms with Crippen LogP contribution in [0.1, 0.15) is 40.0 Å². The summed E-state index contributed by atoms with van der Waals surface area (Å²) in [5, 5.41) is 3.05. The smallest absolute Gasteiger partial charge is 0.230 e. The van der Waals surface area contributed by atoms with E-state index in [2.05, 4.69) is 12.2 Å². The van der Waals surface area contributed by atoms with Gasteiger partial charge in [0.15, 0.2) is 0 Å². The Morgan fingerprint density at radius 3 is 2.27 bits per heavy atom. The average Bonchev–Trinajstić information content (AvgIpc) is 1.99. The summed E-state index contributed by atoms with van der Waals surface area (Å²) < 4.78 is 0. The fourth-order valence-electron chi connectivity index (χ4n) is 1.97. The van der Waals surface area contributed by atoms with Gasteiger partial charge in [-0.15, -0.1) is 0 Å². The number of hydrogen-bond donors (Lipinski definition) is 2. The zero-order chi connectivity index (χ0) is 11.6. The number of carbonyl (C=O) groups is 1. The minimum Gasteiger partial charge on any atom is -0.393 e. The van der Waals surface area contributed by atoms with E-state index in [4.69, 9.17) is 18.0 Å². The van der Waals surface area contributed by atoms with Gasteiger partial charge in [-0.2, -0.15) is 0 Å². The second-order valence-electron chi connectivity index (χ2n) is 5.03. The quantitative estimate of drug-likeness (QED) is 0.719. The summed E-state index contributed by atoms with van der Waals surface area (Å²) in [4.78, 5) is 12.3. The van der Waals surface area contributed by atoms with Crippen molar-refractivity contribution in [1.29, 1.82) is 0 Å². The molecule has 0 spiro atoms. The van der Waals surface area contributed by atoms with Gasteiger partial charge in [0.25, 0.3) is 0 Å². The maximum atomic E-state index is 12.0. The van der Waals surface area contributed by atoms with Crippen LogP contribution < -0.4 is 11.1 Å². The van der Waals surface area contributed by atoms with E-state index in [1.54, 1.807) is 0 Å². The van der Waals surface area contributed by atoms with Crippen molar-refractivity contribution in [2.75, 3.05) is 0 Å². The highest BCUT2D eigenvalue weighted by atomic mass is 32.1. The van der Waals surface area contributed by atoms with E-state index in [1.807, 2.05) is 13.8 Å². The standard InChI is InChI=1S/C11H20N2OS/c1-7(2)8(9(12)15)10(14)13-11(3)5-4-6-11/h7-8H,4-6H2,1-3H3,(H2,12,15)(H,13,14). The van der Waals surface area contributed by atoms with Crippen molar-refractivity contribution in [2.45, 2.75) is 45.6 Å². The van der Waals surface area contributed by atoms with Crippen LogP contribution in [0.5, 0.6) is 0 Å². The minimum atomic E-state index is -0.336. The summed E-state index contributed by atoms with van der Waals surface area (Å²) in [5.74, 6) is -0.191. The van der Waals surface area contributed by atoms with E-state index in [0.717, 1.165) is 12.8 Å². The number of nitrogens with one attached hydrogen (secondary N) is 1. The molecule has 1 fully saturated rings. The Morgan fingerprint density at radius 2 is 2.00 bits per heavy atom. The molecule has 0 aliphatic heterocycles. The van der Waals surface area contributed by atoms with Gasteiger partial charge in [0.1, 0.15) is 0 Å². The summed E-state index contributed by atoms with van der Waals surface area (Å²) in [6.07, 6.45) is 3.30. The zero-order valence-corrected chi connectivity index (χ0v) is 10.5. The lowest BCUT2D eigenvalue weighted by Crippen LogP contribution is -2.54. The van der Waals surface area contributed by atoms with Crippen LogP contribution in [-0.4, -0.2) is 16.4 Å². The third-order valence-corrected chi connectivity index (χ3v) is 3.39. The van der Waals surface area contributed by atoms with Crippen LogP contribution in [0.2, 0.25) is 0 Å². The summed E-state index contributed by atoms with van der Waals surface area (Å²) in [5.41, 5.74) is 5.57. The first-order valence-corrected chi connectivity index (χ1v) is 5.88. The van der Waals surface area contributed by atoms with Gasteiger partial charge < -0.3 is 11.1 Å². The molecule has 1 unspecified atom stereocenters. The minimum absolute atomic E-state index is 0.0142. The summed E-state index contributed by atoms with van der Waals surface area (Å²) in [7, 11) is 0. The molecule has 0 aromatic rings. The number of rotatable bonds is 4. The first-order valence-electron chi connectivity index (χ1n) is 5.47. The highest BCUT2D eigenvalue weighted by molar-refractivity contribution is 7.80. The Morgan fingerprint density at radius 1 is 1.47 bits per heavy atom. The highest BCUT2D eigenvalue weighted by Crippen LogP contribution is 2.31. The van der Waals surface area contributed by atoms with Crippen LogP contribution in [0.3, 0.4) is 0 Å². The van der Waals surface area contributed by atoms with E-state index in [-0.39, 0.29) is 23.3 Å². The zero-order valence-electron chi connectivity index (χ0n) is 9.67. The molecular weight excluding hydrogens is 208 g/mol. The van der Waals surface area contributed by atoms with Crippen molar-refractivity contribution in [2.24, 2.45) is 17.6 Å². The molecule has 1 aliphatic carbocycles. The van der Waals surface area contributed by atoms with Crippen LogP contribution in [0.4, 0.5) is 0 Å². The summed E-state index contributed by atoms with van der Waals surface area (Å²) in [6.45, 7) is 6.00. The maximum Gasteiger partial charge on any atom is 0.230 e. The third-order valence-electron chi connectivity index (χ3n) is 3.14. The normalized spacial score (nSPS) is 20.5. The van der Waals surface area contributed by atoms with Crippen LogP contribution in [0, 0.1) is 11.8 Å². The van der Waals surface area contributed by atoms with E-state index >= 15 is 0 Å². The fourth-order valence-corrected chi connectivity index (χ4v) is 2.35. The topological polar surface area (TPSA) is 55.1 Å². The van der Waals surface area contributed by atoms with Gasteiger partial charge in [0.2, 0.25) is 5.91 Å². The average molecular weight is 228 g/mol. The molecule has 0 saturated heterocycles. The molecule has 1 amide bonds. The maximum absolute atomic E-state index is 12.0. The van der Waals surface area contributed by atoms with Gasteiger partial charge >= 0.3 is 0 Å². The van der Waals surface area contributed by atoms with Gasteiger partial charge in [-0.1, -0.05) is 26.1 Å². The highest BCUT2D eigenvalue weighted by Gasteiger charge is 2.36. The fraction of sp³-hybridized carbons (Fsp3) is 0.818. The van der Waals surface area contributed by atoms with Crippen LogP contribution in [0.15, 0.2) is 0 Å². The monoisotopic (exact) mass is 228 g/mol. The lowest BCUT2D eigenvalue weighted by molar-refractivity contribution is -0.126. The van der Waals surface area contributed by atoms with Gasteiger partial charge in [0.05, 0.1) is 10.9 Å². The first-order chi connectivity index (χ1) is 6.86. The summed E-state index contributed by atoms with van der Waals surface area (Å²) >= 11 is 4.93. The van der Waals surface area contributed by atoms with Gasteiger partial charge in [-0.05, 0) is 32.1 Å². The Labute approximate surface area is 96.8 Å². The number of carbonyl (C=O) groups excluding carboxylic acids is 1. The van der Waals surface area contributed by atoms with Crippen molar-refractivity contribution in [3.63, 3.8) is 0 Å². The molecule has 15 heavy (non-hydrogen) atoms. The third kappa shape index (κ3) is 2.91. The molecule has 4 heteroatoms. The predicted octanol–water partition coefficient (Wildman–Crippen LogP) is 1.60. The lowest BCUT2D eigenvalue weighted by atomic mass is 9.78. The van der Waals surface area contributed by atoms with E-state index in [0.29, 0.717) is 4.99 Å². The number of hydrogen-bond acceptors (Lipinski definition) is 2. The number of amides is 1. The van der Waals surface area contributed by atoms with Crippen molar-refractivity contribution in [3.8, 4) is 0 Å². The Kier molecular flexibility index (Phi) is 3.71. The molecule has 3 N–H and O–H groups in total. The molecule has 3 nitrogen and oxygen atoms in total. The Bertz CT molecular complexity index is 272. The summed E-state index contributed by atoms with van der Waals surface area (Å²) in [6, 6.07) is 0. The van der Waals surface area contributed by atoms with Crippen molar-refractivity contribution >= 4 is 23.1 Å². The molecule has 0 aromatic heterocycles. The molecule has 86 valence electrons. The molecule has 0 bridgehead atoms. The molecular formula is C11H20N2OS. The molecule has 1 aliphatic rings. The second kappa shape index (κ2) is 4.47. The van der Waals surface area contributed by atoms with Gasteiger partial charge in [0, 0.05) is 5.54 Å². The molecule has 0 heterocycles. The molecule has 1 saturated carbocycles. The largest absolute Gasteiger partial charge is 0.393 e. The molecule has 1 atom stereocenters. The number of thiocarbonyl (C=S) groups is 1. The van der Waals surface area contributed by atoms with Crippen LogP contribution >= 0.6 is 12.2 Å². The molecule has 1 rings (SSSR count). The first kappa shape index (κ1) is 12.4. The van der Waals surface area contributed by atoms with Crippen molar-refractivity contribution in [1.82, 2.24) is 5.32 Å². The van der Waals surface area contributed by atoms with E-state index in [9.17, 15) is 4.79 Å².